The molecule has 3 aromatic carbocycles. The number of amides is 1. The van der Waals surface area contributed by atoms with Crippen molar-refractivity contribution < 1.29 is 9.53 Å². The highest BCUT2D eigenvalue weighted by molar-refractivity contribution is 5.85. The van der Waals surface area contributed by atoms with Gasteiger partial charge in [-0.1, -0.05) is 54.6 Å². The smallest absolute Gasteiger partial charge is 0.412 e. The van der Waals surface area contributed by atoms with Gasteiger partial charge in [0.15, 0.2) is 0 Å². The van der Waals surface area contributed by atoms with E-state index in [0.29, 0.717) is 18.1 Å². The molecule has 47 heavy (non-hydrogen) atoms. The van der Waals surface area contributed by atoms with Gasteiger partial charge in [0.2, 0.25) is 0 Å². The van der Waals surface area contributed by atoms with E-state index < -0.39 is 11.7 Å². The summed E-state index contributed by atoms with van der Waals surface area (Å²) < 4.78 is 8.00. The topological polar surface area (TPSA) is 62.6 Å². The van der Waals surface area contributed by atoms with Crippen molar-refractivity contribution in [1.29, 1.82) is 0 Å². The average Bonchev–Trinajstić information content (AvgIpc) is 3.50. The standard InChI is InChI=1S/C40H51N5O2/c1-29-41-36-15-8-9-16-37(36)45(29)35-26-33-17-18-34(27-35)44(33)24-21-40(31-12-6-5-7-13-31)19-22-43(23-20-40)28-30-11-10-14-32(25-30)42-38(46)47-39(2,3)4/h5-16,25,33-35H,17-24,26-28H2,1-4H3,(H,42,46)/t33-,34+,35+. The summed E-state index contributed by atoms with van der Waals surface area (Å²) in [6, 6.07) is 30.0. The molecule has 0 aliphatic carbocycles. The van der Waals surface area contributed by atoms with Crippen LogP contribution in [0.15, 0.2) is 78.9 Å². The summed E-state index contributed by atoms with van der Waals surface area (Å²) in [6.07, 6.45) is 8.23. The van der Waals surface area contributed by atoms with Crippen LogP contribution in [-0.2, 0) is 16.7 Å². The Morgan fingerprint density at radius 1 is 0.915 bits per heavy atom. The average molecular weight is 634 g/mol. The van der Waals surface area contributed by atoms with Gasteiger partial charge in [-0.2, -0.15) is 0 Å². The number of carbonyl (C=O) groups is 1. The minimum atomic E-state index is -0.522. The molecule has 4 aromatic rings. The van der Waals surface area contributed by atoms with Gasteiger partial charge >= 0.3 is 6.09 Å². The second kappa shape index (κ2) is 13.1. The van der Waals surface area contributed by atoms with E-state index in [-0.39, 0.29) is 5.41 Å². The van der Waals surface area contributed by atoms with Crippen LogP contribution in [0.25, 0.3) is 11.0 Å². The summed E-state index contributed by atoms with van der Waals surface area (Å²) in [5.41, 5.74) is 5.60. The van der Waals surface area contributed by atoms with Gasteiger partial charge in [0.05, 0.1) is 11.0 Å². The molecule has 4 heterocycles. The molecule has 2 bridgehead atoms. The molecule has 3 atom stereocenters. The molecule has 3 aliphatic rings. The Morgan fingerprint density at radius 3 is 2.34 bits per heavy atom. The molecule has 3 aliphatic heterocycles. The third-order valence-corrected chi connectivity index (χ3v) is 11.0. The largest absolute Gasteiger partial charge is 0.444 e. The third kappa shape index (κ3) is 6.97. The Labute approximate surface area is 280 Å². The molecule has 1 N–H and O–H groups in total. The number of hydrogen-bond donors (Lipinski definition) is 1. The van der Waals surface area contributed by atoms with Crippen molar-refractivity contribution in [3.05, 3.63) is 95.8 Å². The van der Waals surface area contributed by atoms with Gasteiger partial charge in [0, 0.05) is 30.4 Å². The molecule has 0 unspecified atom stereocenters. The number of likely N-dealkylation sites (tertiary alicyclic amines) is 1. The van der Waals surface area contributed by atoms with E-state index in [1.54, 1.807) is 0 Å². The number of ether oxygens (including phenoxy) is 1. The summed E-state index contributed by atoms with van der Waals surface area (Å²) in [5.74, 6) is 1.16. The highest BCUT2D eigenvalue weighted by Gasteiger charge is 2.44. The van der Waals surface area contributed by atoms with E-state index in [4.69, 9.17) is 9.72 Å². The van der Waals surface area contributed by atoms with Crippen LogP contribution in [0.4, 0.5) is 10.5 Å². The number of aryl methyl sites for hydroxylation is 1. The highest BCUT2D eigenvalue weighted by atomic mass is 16.6. The van der Waals surface area contributed by atoms with E-state index in [2.05, 4.69) is 93.3 Å². The van der Waals surface area contributed by atoms with Gasteiger partial charge in [0.25, 0.3) is 0 Å². The van der Waals surface area contributed by atoms with Crippen LogP contribution >= 0.6 is 0 Å². The lowest BCUT2D eigenvalue weighted by molar-refractivity contribution is 0.0636. The first-order valence-electron chi connectivity index (χ1n) is 17.7. The minimum Gasteiger partial charge on any atom is -0.444 e. The fourth-order valence-corrected chi connectivity index (χ4v) is 8.83. The molecule has 7 rings (SSSR count). The summed E-state index contributed by atoms with van der Waals surface area (Å²) in [5, 5.41) is 2.90. The maximum absolute atomic E-state index is 12.3. The summed E-state index contributed by atoms with van der Waals surface area (Å²) in [4.78, 5) is 22.7. The van der Waals surface area contributed by atoms with Gasteiger partial charge in [-0.05, 0) is 133 Å². The van der Waals surface area contributed by atoms with Gasteiger partial charge in [-0.15, -0.1) is 0 Å². The first-order chi connectivity index (χ1) is 22.7. The number of anilines is 1. The zero-order chi connectivity index (χ0) is 32.6. The number of piperidine rings is 2. The van der Waals surface area contributed by atoms with Gasteiger partial charge in [-0.3, -0.25) is 15.1 Å². The maximum Gasteiger partial charge on any atom is 0.412 e. The predicted molar refractivity (Wildman–Crippen MR) is 190 cm³/mol. The molecule has 1 aromatic heterocycles. The fraction of sp³-hybridized carbons (Fsp3) is 0.500. The van der Waals surface area contributed by atoms with Crippen molar-refractivity contribution in [2.24, 2.45) is 0 Å². The number of nitrogens with zero attached hydrogens (tertiary/aromatic N) is 4. The SMILES string of the molecule is Cc1nc2ccccc2n1[C@H]1C[C@H]2CC[C@@H](C1)N2CCC1(c2ccccc2)CCN(Cc2cccc(NC(=O)OC(C)(C)C)c2)CC1. The van der Waals surface area contributed by atoms with Crippen molar-refractivity contribution in [3.8, 4) is 0 Å². The second-order valence-corrected chi connectivity index (χ2v) is 15.3. The molecule has 7 nitrogen and oxygen atoms in total. The molecule has 3 saturated heterocycles. The number of rotatable bonds is 8. The Morgan fingerprint density at radius 2 is 1.62 bits per heavy atom. The Kier molecular flexibility index (Phi) is 8.88. The zero-order valence-corrected chi connectivity index (χ0v) is 28.6. The van der Waals surface area contributed by atoms with E-state index in [1.165, 1.54) is 68.1 Å². The van der Waals surface area contributed by atoms with Crippen molar-refractivity contribution >= 4 is 22.8 Å². The predicted octanol–water partition coefficient (Wildman–Crippen LogP) is 8.48. The van der Waals surface area contributed by atoms with Crippen LogP contribution in [0.1, 0.15) is 88.7 Å². The fourth-order valence-electron chi connectivity index (χ4n) is 8.83. The quantitative estimate of drug-likeness (QED) is 0.211. The number of carbonyl (C=O) groups excluding carboxylic acids is 1. The van der Waals surface area contributed by atoms with Crippen LogP contribution < -0.4 is 5.32 Å². The normalized spacial score (nSPS) is 23.2. The van der Waals surface area contributed by atoms with Crippen LogP contribution in [0.3, 0.4) is 0 Å². The van der Waals surface area contributed by atoms with E-state index in [1.807, 2.05) is 32.9 Å². The monoisotopic (exact) mass is 633 g/mol. The summed E-state index contributed by atoms with van der Waals surface area (Å²) in [7, 11) is 0. The van der Waals surface area contributed by atoms with E-state index in [9.17, 15) is 4.79 Å². The minimum absolute atomic E-state index is 0.200. The Bertz CT molecular complexity index is 1670. The number of benzene rings is 3. The summed E-state index contributed by atoms with van der Waals surface area (Å²) in [6.45, 7) is 12.0. The lowest BCUT2D eigenvalue weighted by Gasteiger charge is -2.45. The molecule has 3 fully saturated rings. The van der Waals surface area contributed by atoms with Gasteiger partial charge < -0.3 is 9.30 Å². The number of hydrogen-bond acceptors (Lipinski definition) is 5. The molecular formula is C40H51N5O2. The van der Waals surface area contributed by atoms with E-state index >= 15 is 0 Å². The Balaban J connectivity index is 0.999. The number of aromatic nitrogens is 2. The zero-order valence-electron chi connectivity index (χ0n) is 28.6. The molecular weight excluding hydrogens is 582 g/mol. The van der Waals surface area contributed by atoms with Crippen LogP contribution in [-0.4, -0.2) is 62.8 Å². The maximum atomic E-state index is 12.3. The third-order valence-electron chi connectivity index (χ3n) is 11.0. The van der Waals surface area contributed by atoms with Crippen LogP contribution in [0.2, 0.25) is 0 Å². The number of nitrogens with one attached hydrogen (secondary N) is 1. The number of para-hydroxylation sites is 2. The second-order valence-electron chi connectivity index (χ2n) is 15.3. The molecule has 0 radical (unpaired) electrons. The molecule has 1 amide bonds. The van der Waals surface area contributed by atoms with E-state index in [0.717, 1.165) is 36.7 Å². The van der Waals surface area contributed by atoms with Crippen LogP contribution in [0, 0.1) is 6.92 Å². The molecule has 0 spiro atoms. The number of imidazole rings is 1. The first-order valence-corrected chi connectivity index (χ1v) is 17.7. The first kappa shape index (κ1) is 31.9. The van der Waals surface area contributed by atoms with Crippen molar-refractivity contribution in [1.82, 2.24) is 19.4 Å². The highest BCUT2D eigenvalue weighted by Crippen LogP contribution is 2.45. The lowest BCUT2D eigenvalue weighted by atomic mass is 9.70. The summed E-state index contributed by atoms with van der Waals surface area (Å²) >= 11 is 0. The van der Waals surface area contributed by atoms with Gasteiger partial charge in [-0.25, -0.2) is 9.78 Å². The molecule has 248 valence electrons. The lowest BCUT2D eigenvalue weighted by Crippen LogP contribution is -2.48. The van der Waals surface area contributed by atoms with Gasteiger partial charge in [0.1, 0.15) is 11.4 Å². The van der Waals surface area contributed by atoms with Crippen molar-refractivity contribution in [2.75, 3.05) is 25.0 Å². The number of fused-ring (bicyclic) bond motifs is 3. The molecule has 0 saturated carbocycles. The Hall–Kier alpha value is -3.68. The molecule has 7 heteroatoms. The van der Waals surface area contributed by atoms with Crippen molar-refractivity contribution in [3.63, 3.8) is 0 Å². The van der Waals surface area contributed by atoms with Crippen molar-refractivity contribution in [2.45, 2.75) is 108 Å². The van der Waals surface area contributed by atoms with Crippen LogP contribution in [0.5, 0.6) is 0 Å².